The molecule has 0 saturated heterocycles. The molecule has 5 nitrogen and oxygen atoms in total. The highest BCUT2D eigenvalue weighted by atomic mass is 32.2. The number of benzene rings is 2. The minimum absolute atomic E-state index is 0.0120. The fourth-order valence-corrected chi connectivity index (χ4v) is 3.58. The van der Waals surface area contributed by atoms with Crippen LogP contribution in [0.4, 0.5) is 5.69 Å². The first kappa shape index (κ1) is 20.0. The zero-order chi connectivity index (χ0) is 19.3. The number of aryl methyl sites for hydroxylation is 3. The zero-order valence-corrected chi connectivity index (χ0v) is 16.4. The van der Waals surface area contributed by atoms with Crippen LogP contribution in [0.2, 0.25) is 0 Å². The molecule has 0 fully saturated rings. The Morgan fingerprint density at radius 2 is 1.73 bits per heavy atom. The number of hydrogen-bond donors (Lipinski definition) is 1. The van der Waals surface area contributed by atoms with E-state index in [0.717, 1.165) is 11.1 Å². The van der Waals surface area contributed by atoms with E-state index in [2.05, 4.69) is 38.2 Å². The lowest BCUT2D eigenvalue weighted by atomic mass is 9.96. The van der Waals surface area contributed by atoms with E-state index in [4.69, 9.17) is 0 Å². The fraction of sp³-hybridized carbons (Fsp3) is 0.350. The Labute approximate surface area is 158 Å². The molecule has 0 aliphatic carbocycles. The first-order valence-corrected chi connectivity index (χ1v) is 9.61. The summed E-state index contributed by atoms with van der Waals surface area (Å²) in [7, 11) is 0. The van der Waals surface area contributed by atoms with Crippen LogP contribution in [0.3, 0.4) is 0 Å². The van der Waals surface area contributed by atoms with Crippen LogP contribution < -0.4 is 5.32 Å². The van der Waals surface area contributed by atoms with Gasteiger partial charge in [-0.3, -0.25) is 14.9 Å². The summed E-state index contributed by atoms with van der Waals surface area (Å²) in [6.07, 6.45) is 0. The number of amides is 1. The van der Waals surface area contributed by atoms with Gasteiger partial charge in [0, 0.05) is 17.9 Å². The lowest BCUT2D eigenvalue weighted by molar-refractivity contribution is -0.384. The van der Waals surface area contributed by atoms with Gasteiger partial charge in [0.15, 0.2) is 0 Å². The third-order valence-electron chi connectivity index (χ3n) is 4.38. The molecule has 0 aliphatic heterocycles. The van der Waals surface area contributed by atoms with Crippen LogP contribution in [-0.2, 0) is 10.5 Å². The van der Waals surface area contributed by atoms with Crippen LogP contribution in [0.15, 0.2) is 36.4 Å². The van der Waals surface area contributed by atoms with Gasteiger partial charge in [-0.2, -0.15) is 0 Å². The van der Waals surface area contributed by atoms with E-state index in [1.807, 2.05) is 6.92 Å². The van der Waals surface area contributed by atoms with E-state index in [9.17, 15) is 14.9 Å². The number of carbonyl (C=O) groups is 1. The molecule has 1 amide bonds. The molecule has 0 aliphatic rings. The number of rotatable bonds is 7. The van der Waals surface area contributed by atoms with Gasteiger partial charge in [-0.05, 0) is 55.5 Å². The third-order valence-corrected chi connectivity index (χ3v) is 5.38. The van der Waals surface area contributed by atoms with Crippen molar-refractivity contribution in [3.63, 3.8) is 0 Å². The number of carbonyl (C=O) groups excluding carboxylic acids is 1. The molecule has 2 rings (SSSR count). The molecule has 1 atom stereocenters. The first-order chi connectivity index (χ1) is 12.3. The van der Waals surface area contributed by atoms with Crippen LogP contribution in [0, 0.1) is 30.9 Å². The van der Waals surface area contributed by atoms with Crippen LogP contribution >= 0.6 is 11.8 Å². The molecular weight excluding hydrogens is 348 g/mol. The number of thioether (sulfide) groups is 1. The molecule has 2 aromatic carbocycles. The summed E-state index contributed by atoms with van der Waals surface area (Å²) in [5.74, 6) is 0.982. The standard InChI is InChI=1S/C20H24N2O3S/c1-13-9-15(3)19(10-14(13)2)16(4)21-20(23)12-26-11-17-5-7-18(8-6-17)22(24)25/h5-10,16H,11-12H2,1-4H3,(H,21,23)/t16-/m1/s1. The van der Waals surface area contributed by atoms with Crippen molar-refractivity contribution in [2.24, 2.45) is 0 Å². The minimum atomic E-state index is -0.416. The van der Waals surface area contributed by atoms with E-state index in [0.29, 0.717) is 11.5 Å². The van der Waals surface area contributed by atoms with Gasteiger partial charge in [-0.1, -0.05) is 24.3 Å². The molecule has 1 N–H and O–H groups in total. The van der Waals surface area contributed by atoms with E-state index in [1.165, 1.54) is 40.6 Å². The number of hydrogen-bond acceptors (Lipinski definition) is 4. The van der Waals surface area contributed by atoms with Gasteiger partial charge in [0.2, 0.25) is 5.91 Å². The second-order valence-corrected chi connectivity index (χ2v) is 7.48. The third kappa shape index (κ3) is 5.33. The van der Waals surface area contributed by atoms with Crippen molar-refractivity contribution in [1.29, 1.82) is 0 Å². The lowest BCUT2D eigenvalue weighted by Crippen LogP contribution is -2.28. The van der Waals surface area contributed by atoms with E-state index in [1.54, 1.807) is 12.1 Å². The normalized spacial score (nSPS) is 11.8. The maximum atomic E-state index is 12.2. The highest BCUT2D eigenvalue weighted by Gasteiger charge is 2.13. The van der Waals surface area contributed by atoms with Crippen molar-refractivity contribution < 1.29 is 9.72 Å². The Bertz CT molecular complexity index is 803. The van der Waals surface area contributed by atoms with Gasteiger partial charge >= 0.3 is 0 Å². The Balaban J connectivity index is 1.85. The first-order valence-electron chi connectivity index (χ1n) is 8.46. The van der Waals surface area contributed by atoms with E-state index >= 15 is 0 Å². The Morgan fingerprint density at radius 1 is 1.12 bits per heavy atom. The molecule has 0 heterocycles. The number of nitro benzene ring substituents is 1. The van der Waals surface area contributed by atoms with Crippen molar-refractivity contribution in [3.8, 4) is 0 Å². The average Bonchev–Trinajstić information content (AvgIpc) is 2.58. The van der Waals surface area contributed by atoms with Gasteiger partial charge in [-0.25, -0.2) is 0 Å². The van der Waals surface area contributed by atoms with E-state index in [-0.39, 0.29) is 17.6 Å². The molecular formula is C20H24N2O3S. The smallest absolute Gasteiger partial charge is 0.269 e. The number of non-ortho nitro benzene ring substituents is 1. The molecule has 0 aromatic heterocycles. The predicted molar refractivity (Wildman–Crippen MR) is 106 cm³/mol. The SMILES string of the molecule is Cc1cc(C)c([C@@H](C)NC(=O)CSCc2ccc([N+](=O)[O-])cc2)cc1C. The fourth-order valence-electron chi connectivity index (χ4n) is 2.79. The van der Waals surface area contributed by atoms with Gasteiger partial charge in [0.05, 0.1) is 16.7 Å². The molecule has 0 saturated carbocycles. The zero-order valence-electron chi connectivity index (χ0n) is 15.5. The maximum Gasteiger partial charge on any atom is 0.269 e. The van der Waals surface area contributed by atoms with Crippen molar-refractivity contribution in [2.45, 2.75) is 39.5 Å². The van der Waals surface area contributed by atoms with Crippen LogP contribution in [0.1, 0.15) is 40.8 Å². The topological polar surface area (TPSA) is 72.2 Å². The van der Waals surface area contributed by atoms with Gasteiger partial charge in [0.25, 0.3) is 5.69 Å². The number of nitrogens with one attached hydrogen (secondary N) is 1. The van der Waals surface area contributed by atoms with Gasteiger partial charge in [-0.15, -0.1) is 11.8 Å². The molecule has 26 heavy (non-hydrogen) atoms. The van der Waals surface area contributed by atoms with Crippen molar-refractivity contribution in [1.82, 2.24) is 5.32 Å². The molecule has 0 spiro atoms. The molecule has 0 radical (unpaired) electrons. The van der Waals surface area contributed by atoms with Gasteiger partial charge in [0.1, 0.15) is 0 Å². The highest BCUT2D eigenvalue weighted by molar-refractivity contribution is 7.99. The van der Waals surface area contributed by atoms with Crippen molar-refractivity contribution in [2.75, 3.05) is 5.75 Å². The summed E-state index contributed by atoms with van der Waals surface area (Å²) in [6, 6.07) is 10.7. The maximum absolute atomic E-state index is 12.2. The van der Waals surface area contributed by atoms with Crippen molar-refractivity contribution in [3.05, 3.63) is 74.3 Å². The monoisotopic (exact) mass is 372 g/mol. The van der Waals surface area contributed by atoms with Gasteiger partial charge < -0.3 is 5.32 Å². The Kier molecular flexibility index (Phi) is 6.80. The van der Waals surface area contributed by atoms with Crippen LogP contribution in [-0.4, -0.2) is 16.6 Å². The minimum Gasteiger partial charge on any atom is -0.349 e. The summed E-state index contributed by atoms with van der Waals surface area (Å²) in [4.78, 5) is 22.4. The lowest BCUT2D eigenvalue weighted by Gasteiger charge is -2.18. The second-order valence-electron chi connectivity index (χ2n) is 6.50. The highest BCUT2D eigenvalue weighted by Crippen LogP contribution is 2.22. The van der Waals surface area contributed by atoms with Crippen LogP contribution in [0.5, 0.6) is 0 Å². The molecule has 0 bridgehead atoms. The molecule has 0 unspecified atom stereocenters. The van der Waals surface area contributed by atoms with E-state index < -0.39 is 4.92 Å². The van der Waals surface area contributed by atoms with Crippen molar-refractivity contribution >= 4 is 23.4 Å². The average molecular weight is 372 g/mol. The largest absolute Gasteiger partial charge is 0.349 e. The second kappa shape index (κ2) is 8.85. The number of nitrogens with zero attached hydrogens (tertiary/aromatic N) is 1. The summed E-state index contributed by atoms with van der Waals surface area (Å²) < 4.78 is 0. The summed E-state index contributed by atoms with van der Waals surface area (Å²) in [5.41, 5.74) is 5.84. The quantitative estimate of drug-likeness (QED) is 0.568. The summed E-state index contributed by atoms with van der Waals surface area (Å²) in [5, 5.41) is 13.7. The summed E-state index contributed by atoms with van der Waals surface area (Å²) in [6.45, 7) is 8.22. The molecule has 138 valence electrons. The van der Waals surface area contributed by atoms with Crippen LogP contribution in [0.25, 0.3) is 0 Å². The number of nitro groups is 1. The molecule has 6 heteroatoms. The molecule has 2 aromatic rings. The Hall–Kier alpha value is -2.34. The summed E-state index contributed by atoms with van der Waals surface area (Å²) >= 11 is 1.49. The Morgan fingerprint density at radius 3 is 2.35 bits per heavy atom. The predicted octanol–water partition coefficient (Wildman–Crippen LogP) is 4.63.